The Hall–Kier alpha value is -1.02. The normalized spacial score (nSPS) is 20.5. The van der Waals surface area contributed by atoms with Crippen LogP contribution < -0.4 is 4.90 Å². The van der Waals surface area contributed by atoms with E-state index in [0.717, 1.165) is 4.90 Å². The number of nitrogens with zero attached hydrogens (tertiary/aromatic N) is 1. The Morgan fingerprint density at radius 1 is 1.39 bits per heavy atom. The molecule has 1 heterocycles. The molecule has 0 N–H and O–H groups in total. The van der Waals surface area contributed by atoms with Crippen LogP contribution in [0, 0.1) is 5.82 Å². The lowest BCUT2D eigenvalue weighted by atomic mass is 10.3. The predicted molar refractivity (Wildman–Crippen MR) is 64.9 cm³/mol. The van der Waals surface area contributed by atoms with Crippen LogP contribution in [0.4, 0.5) is 14.0 Å². The minimum absolute atomic E-state index is 0.0551. The first-order valence-corrected chi connectivity index (χ1v) is 7.22. The number of carbonyl (C=O) groups is 1. The van der Waals surface area contributed by atoms with Crippen molar-refractivity contribution < 1.29 is 21.5 Å². The molecule has 1 saturated heterocycles. The van der Waals surface area contributed by atoms with Gasteiger partial charge in [-0.1, -0.05) is 6.07 Å². The van der Waals surface area contributed by atoms with Crippen molar-refractivity contribution in [1.82, 2.24) is 0 Å². The summed E-state index contributed by atoms with van der Waals surface area (Å²) >= 11 is 2.96. The molecule has 4 nitrogen and oxygen atoms in total. The first-order chi connectivity index (χ1) is 8.30. The van der Waals surface area contributed by atoms with Crippen molar-refractivity contribution >= 4 is 37.7 Å². The van der Waals surface area contributed by atoms with Gasteiger partial charge in [-0.05, 0) is 28.1 Å². The fraction of sp³-hybridized carbons (Fsp3) is 0.300. The molecule has 1 aromatic carbocycles. The quantitative estimate of drug-likeness (QED) is 0.774. The van der Waals surface area contributed by atoms with Crippen molar-refractivity contribution in [3.63, 3.8) is 0 Å². The van der Waals surface area contributed by atoms with Crippen LogP contribution in [0.25, 0.3) is 0 Å². The molecule has 8 heteroatoms. The summed E-state index contributed by atoms with van der Waals surface area (Å²) in [5.41, 5.74) is -0.0551. The molecule has 1 amide bonds. The Bertz CT molecular complexity index is 605. The molecule has 18 heavy (non-hydrogen) atoms. The Labute approximate surface area is 111 Å². The average Bonchev–Trinajstić information content (AvgIpc) is 2.64. The molecule has 1 unspecified atom stereocenters. The molecule has 1 aliphatic heterocycles. The standard InChI is InChI=1S/C10H8BrF2NO3S/c11-7-2-1-3-8(10(7)12)14-5-6(4-9(14)15)18(13,16)17/h1-3,6H,4-5H2. The minimum Gasteiger partial charge on any atom is -0.308 e. The lowest BCUT2D eigenvalue weighted by molar-refractivity contribution is -0.117. The number of rotatable bonds is 2. The number of hydrogen-bond acceptors (Lipinski definition) is 3. The zero-order chi connectivity index (χ0) is 13.5. The van der Waals surface area contributed by atoms with Crippen LogP contribution >= 0.6 is 15.9 Å². The Kier molecular flexibility index (Phi) is 3.41. The molecule has 0 bridgehead atoms. The predicted octanol–water partition coefficient (Wildman–Crippen LogP) is 1.99. The van der Waals surface area contributed by atoms with Crippen LogP contribution in [0.3, 0.4) is 0 Å². The maximum absolute atomic E-state index is 13.8. The van der Waals surface area contributed by atoms with Gasteiger partial charge in [0.15, 0.2) is 5.82 Å². The van der Waals surface area contributed by atoms with Crippen molar-refractivity contribution in [2.75, 3.05) is 11.4 Å². The molecule has 0 aromatic heterocycles. The van der Waals surface area contributed by atoms with Crippen molar-refractivity contribution in [1.29, 1.82) is 0 Å². The monoisotopic (exact) mass is 339 g/mol. The van der Waals surface area contributed by atoms with Crippen LogP contribution in [-0.2, 0) is 15.0 Å². The number of benzene rings is 1. The summed E-state index contributed by atoms with van der Waals surface area (Å²) in [7, 11) is -4.80. The molecule has 1 aromatic rings. The first-order valence-electron chi connectivity index (χ1n) is 4.98. The van der Waals surface area contributed by atoms with E-state index < -0.39 is 33.6 Å². The Balaban J connectivity index is 2.36. The van der Waals surface area contributed by atoms with E-state index in [4.69, 9.17) is 0 Å². The molecule has 1 atom stereocenters. The van der Waals surface area contributed by atoms with E-state index in [9.17, 15) is 21.5 Å². The highest BCUT2D eigenvalue weighted by Crippen LogP contribution is 2.31. The van der Waals surface area contributed by atoms with Crippen molar-refractivity contribution in [2.45, 2.75) is 11.7 Å². The molecule has 0 spiro atoms. The van der Waals surface area contributed by atoms with Gasteiger partial charge in [-0.25, -0.2) is 4.39 Å². The van der Waals surface area contributed by atoms with Crippen LogP contribution in [0.2, 0.25) is 0 Å². The van der Waals surface area contributed by atoms with Crippen LogP contribution in [0.5, 0.6) is 0 Å². The van der Waals surface area contributed by atoms with Gasteiger partial charge in [-0.2, -0.15) is 8.42 Å². The Morgan fingerprint density at radius 2 is 2.06 bits per heavy atom. The van der Waals surface area contributed by atoms with Gasteiger partial charge in [0.2, 0.25) is 5.91 Å². The molecule has 0 radical (unpaired) electrons. The topological polar surface area (TPSA) is 54.5 Å². The first kappa shape index (κ1) is 13.4. The molecular weight excluding hydrogens is 332 g/mol. The highest BCUT2D eigenvalue weighted by Gasteiger charge is 2.39. The second kappa shape index (κ2) is 4.58. The summed E-state index contributed by atoms with van der Waals surface area (Å²) in [6.45, 7) is -0.370. The lowest BCUT2D eigenvalue weighted by Gasteiger charge is -2.17. The van der Waals surface area contributed by atoms with Gasteiger partial charge in [-0.15, -0.1) is 3.89 Å². The third kappa shape index (κ3) is 2.39. The summed E-state index contributed by atoms with van der Waals surface area (Å²) < 4.78 is 48.3. The van der Waals surface area contributed by atoms with E-state index in [-0.39, 0.29) is 16.7 Å². The van der Waals surface area contributed by atoms with Crippen LogP contribution in [-0.4, -0.2) is 26.1 Å². The van der Waals surface area contributed by atoms with E-state index >= 15 is 0 Å². The minimum atomic E-state index is -4.80. The van der Waals surface area contributed by atoms with Gasteiger partial charge >= 0.3 is 10.2 Å². The second-order valence-electron chi connectivity index (χ2n) is 3.88. The average molecular weight is 340 g/mol. The number of hydrogen-bond donors (Lipinski definition) is 0. The number of halogens is 3. The molecule has 98 valence electrons. The second-order valence-corrected chi connectivity index (χ2v) is 6.35. The smallest absolute Gasteiger partial charge is 0.307 e. The molecule has 0 saturated carbocycles. The number of amides is 1. The fourth-order valence-electron chi connectivity index (χ4n) is 1.80. The summed E-state index contributed by atoms with van der Waals surface area (Å²) in [4.78, 5) is 12.6. The number of carbonyl (C=O) groups excluding carboxylic acids is 1. The van der Waals surface area contributed by atoms with Gasteiger partial charge in [0, 0.05) is 13.0 Å². The highest BCUT2D eigenvalue weighted by atomic mass is 79.9. The summed E-state index contributed by atoms with van der Waals surface area (Å²) in [6, 6.07) is 4.29. The number of anilines is 1. The maximum atomic E-state index is 13.8. The van der Waals surface area contributed by atoms with Crippen molar-refractivity contribution in [3.05, 3.63) is 28.5 Å². The molecule has 1 aliphatic rings. The van der Waals surface area contributed by atoms with Crippen LogP contribution in [0.1, 0.15) is 6.42 Å². The molecule has 1 fully saturated rings. The molecular formula is C10H8BrF2NO3S. The maximum Gasteiger partial charge on any atom is 0.307 e. The van der Waals surface area contributed by atoms with E-state index in [0.29, 0.717) is 0 Å². The zero-order valence-corrected chi connectivity index (χ0v) is 11.3. The van der Waals surface area contributed by atoms with Crippen molar-refractivity contribution in [3.8, 4) is 0 Å². The lowest BCUT2D eigenvalue weighted by Crippen LogP contribution is -2.27. The molecule has 2 rings (SSSR count). The third-order valence-corrected chi connectivity index (χ3v) is 4.43. The van der Waals surface area contributed by atoms with Gasteiger partial charge in [-0.3, -0.25) is 4.79 Å². The zero-order valence-electron chi connectivity index (χ0n) is 8.94. The van der Waals surface area contributed by atoms with Gasteiger partial charge in [0.1, 0.15) is 5.25 Å². The summed E-state index contributed by atoms with van der Waals surface area (Å²) in [5.74, 6) is -1.29. The van der Waals surface area contributed by atoms with Gasteiger partial charge in [0.25, 0.3) is 0 Å². The van der Waals surface area contributed by atoms with Crippen LogP contribution in [0.15, 0.2) is 22.7 Å². The van der Waals surface area contributed by atoms with E-state index in [1.165, 1.54) is 18.2 Å². The fourth-order valence-corrected chi connectivity index (χ4v) is 2.82. The SMILES string of the molecule is O=C1CC(S(=O)(=O)F)CN1c1cccc(Br)c1F. The van der Waals surface area contributed by atoms with E-state index in [1.54, 1.807) is 0 Å². The highest BCUT2D eigenvalue weighted by molar-refractivity contribution is 9.10. The van der Waals surface area contributed by atoms with Crippen molar-refractivity contribution in [2.24, 2.45) is 0 Å². The van der Waals surface area contributed by atoms with Gasteiger partial charge in [0.05, 0.1) is 10.2 Å². The summed E-state index contributed by atoms with van der Waals surface area (Å²) in [5, 5.41) is -1.43. The third-order valence-electron chi connectivity index (χ3n) is 2.71. The van der Waals surface area contributed by atoms with E-state index in [2.05, 4.69) is 15.9 Å². The largest absolute Gasteiger partial charge is 0.308 e. The molecule has 0 aliphatic carbocycles. The summed E-state index contributed by atoms with van der Waals surface area (Å²) in [6.07, 6.45) is -0.467. The Morgan fingerprint density at radius 3 is 2.61 bits per heavy atom. The van der Waals surface area contributed by atoms with Gasteiger partial charge < -0.3 is 4.90 Å². The van der Waals surface area contributed by atoms with E-state index in [1.807, 2.05) is 0 Å².